The van der Waals surface area contributed by atoms with Crippen molar-refractivity contribution in [2.75, 3.05) is 0 Å². The van der Waals surface area contributed by atoms with Crippen molar-refractivity contribution in [2.45, 2.75) is 12.1 Å². The van der Waals surface area contributed by atoms with Crippen LogP contribution in [0.5, 0.6) is 0 Å². The summed E-state index contributed by atoms with van der Waals surface area (Å²) in [4.78, 5) is 10.4. The van der Waals surface area contributed by atoms with E-state index in [-0.39, 0.29) is 12.2 Å². The van der Waals surface area contributed by atoms with Gasteiger partial charge >= 0.3 is 0 Å². The Hall–Kier alpha value is -1.10. The highest BCUT2D eigenvalue weighted by molar-refractivity contribution is 5.94. The Morgan fingerprint density at radius 1 is 1.89 bits per heavy atom. The number of hydrogen-bond acceptors (Lipinski definition) is 1. The molecule has 0 amide bonds. The SMILES string of the molecule is C#C[C@]1(F)C=CC(=O)C1. The molecular formula is C7H5FO. The molecule has 0 aliphatic heterocycles. The van der Waals surface area contributed by atoms with Crippen LogP contribution >= 0.6 is 0 Å². The Kier molecular flexibility index (Phi) is 1.14. The minimum atomic E-state index is -1.79. The Balaban J connectivity index is 2.83. The maximum atomic E-state index is 12.7. The fraction of sp³-hybridized carbons (Fsp3) is 0.286. The van der Waals surface area contributed by atoms with Gasteiger partial charge in [-0.15, -0.1) is 6.42 Å². The van der Waals surface area contributed by atoms with Gasteiger partial charge in [-0.3, -0.25) is 4.79 Å². The fourth-order valence-electron chi connectivity index (χ4n) is 0.696. The van der Waals surface area contributed by atoms with E-state index < -0.39 is 5.67 Å². The van der Waals surface area contributed by atoms with E-state index in [0.717, 1.165) is 6.08 Å². The smallest absolute Gasteiger partial charge is 0.196 e. The highest BCUT2D eigenvalue weighted by Gasteiger charge is 2.30. The minimum Gasteiger partial charge on any atom is -0.295 e. The van der Waals surface area contributed by atoms with E-state index in [4.69, 9.17) is 6.42 Å². The Morgan fingerprint density at radius 3 is 2.78 bits per heavy atom. The van der Waals surface area contributed by atoms with Gasteiger partial charge in [0.2, 0.25) is 0 Å². The average molecular weight is 124 g/mol. The number of hydrogen-bond donors (Lipinski definition) is 0. The van der Waals surface area contributed by atoms with E-state index in [1.165, 1.54) is 6.08 Å². The molecule has 1 nitrogen and oxygen atoms in total. The summed E-state index contributed by atoms with van der Waals surface area (Å²) in [7, 11) is 0. The van der Waals surface area contributed by atoms with E-state index in [0.29, 0.717) is 0 Å². The van der Waals surface area contributed by atoms with Crippen molar-refractivity contribution in [3.05, 3.63) is 12.2 Å². The molecule has 0 unspecified atom stereocenters. The van der Waals surface area contributed by atoms with E-state index in [1.54, 1.807) is 0 Å². The van der Waals surface area contributed by atoms with Gasteiger partial charge in [0.15, 0.2) is 11.5 Å². The second kappa shape index (κ2) is 1.70. The summed E-state index contributed by atoms with van der Waals surface area (Å²) in [6.07, 6.45) is 6.91. The van der Waals surface area contributed by atoms with Crippen molar-refractivity contribution >= 4 is 5.78 Å². The number of carbonyl (C=O) groups is 1. The van der Waals surface area contributed by atoms with E-state index >= 15 is 0 Å². The molecule has 0 radical (unpaired) electrons. The molecule has 0 aromatic heterocycles. The molecule has 2 heteroatoms. The third-order valence-electron chi connectivity index (χ3n) is 1.20. The van der Waals surface area contributed by atoms with E-state index in [2.05, 4.69) is 0 Å². The Labute approximate surface area is 52.6 Å². The second-order valence-corrected chi connectivity index (χ2v) is 1.98. The lowest BCUT2D eigenvalue weighted by Gasteiger charge is -2.04. The van der Waals surface area contributed by atoms with E-state index in [1.807, 2.05) is 5.92 Å². The van der Waals surface area contributed by atoms with Gasteiger partial charge in [-0.25, -0.2) is 4.39 Å². The van der Waals surface area contributed by atoms with Gasteiger partial charge in [-0.1, -0.05) is 5.92 Å². The van der Waals surface area contributed by atoms with Gasteiger partial charge in [0.1, 0.15) is 0 Å². The van der Waals surface area contributed by atoms with Crippen molar-refractivity contribution in [1.82, 2.24) is 0 Å². The van der Waals surface area contributed by atoms with Gasteiger partial charge in [0.05, 0.1) is 6.42 Å². The molecule has 0 saturated carbocycles. The van der Waals surface area contributed by atoms with Crippen LogP contribution < -0.4 is 0 Å². The highest BCUT2D eigenvalue weighted by Crippen LogP contribution is 2.22. The molecule has 0 aromatic carbocycles. The summed E-state index contributed by atoms with van der Waals surface area (Å²) < 4.78 is 12.7. The minimum absolute atomic E-state index is 0.191. The monoisotopic (exact) mass is 124 g/mol. The Morgan fingerprint density at radius 2 is 2.56 bits per heavy atom. The summed E-state index contributed by atoms with van der Waals surface area (Å²) in [5.74, 6) is 1.66. The van der Waals surface area contributed by atoms with Gasteiger partial charge in [0, 0.05) is 0 Å². The van der Waals surface area contributed by atoms with Crippen LogP contribution in [-0.2, 0) is 4.79 Å². The lowest BCUT2D eigenvalue weighted by molar-refractivity contribution is -0.114. The fourth-order valence-corrected chi connectivity index (χ4v) is 0.696. The van der Waals surface area contributed by atoms with Crippen LogP contribution in [0, 0.1) is 12.3 Å². The molecule has 0 N–H and O–H groups in total. The van der Waals surface area contributed by atoms with Crippen LogP contribution in [0.3, 0.4) is 0 Å². The highest BCUT2D eigenvalue weighted by atomic mass is 19.1. The van der Waals surface area contributed by atoms with Crippen molar-refractivity contribution in [2.24, 2.45) is 0 Å². The zero-order chi connectivity index (χ0) is 6.91. The van der Waals surface area contributed by atoms with Gasteiger partial charge in [-0.2, -0.15) is 0 Å². The van der Waals surface area contributed by atoms with Crippen molar-refractivity contribution in [3.63, 3.8) is 0 Å². The predicted octanol–water partition coefficient (Wildman–Crippen LogP) is 0.857. The standard InChI is InChI=1S/C7H5FO/c1-2-7(8)4-3-6(9)5-7/h1,3-4H,5H2/t7-/m0/s1. The summed E-state index contributed by atoms with van der Waals surface area (Å²) >= 11 is 0. The molecule has 0 aromatic rings. The zero-order valence-electron chi connectivity index (χ0n) is 4.73. The zero-order valence-corrected chi connectivity index (χ0v) is 4.73. The lowest BCUT2D eigenvalue weighted by Crippen LogP contribution is -2.14. The first-order chi connectivity index (χ1) is 4.16. The molecule has 46 valence electrons. The number of terminal acetylenes is 1. The quantitative estimate of drug-likeness (QED) is 0.437. The van der Waals surface area contributed by atoms with E-state index in [9.17, 15) is 9.18 Å². The third kappa shape index (κ3) is 0.996. The number of ketones is 1. The van der Waals surface area contributed by atoms with Crippen LogP contribution in [0.25, 0.3) is 0 Å². The number of rotatable bonds is 0. The lowest BCUT2D eigenvalue weighted by atomic mass is 10.1. The molecule has 1 atom stereocenters. The van der Waals surface area contributed by atoms with Crippen LogP contribution in [-0.4, -0.2) is 11.5 Å². The van der Waals surface area contributed by atoms with Crippen LogP contribution in [0.2, 0.25) is 0 Å². The molecule has 1 aliphatic carbocycles. The molecule has 9 heavy (non-hydrogen) atoms. The molecule has 1 aliphatic rings. The Bertz CT molecular complexity index is 211. The molecule has 0 fully saturated rings. The number of halogens is 1. The second-order valence-electron chi connectivity index (χ2n) is 1.98. The van der Waals surface area contributed by atoms with Crippen molar-refractivity contribution in [3.8, 4) is 12.3 Å². The first-order valence-electron chi connectivity index (χ1n) is 2.55. The topological polar surface area (TPSA) is 17.1 Å². The number of alkyl halides is 1. The number of allylic oxidation sites excluding steroid dienone is 2. The molecular weight excluding hydrogens is 119 g/mol. The van der Waals surface area contributed by atoms with Crippen LogP contribution in [0.1, 0.15) is 6.42 Å². The summed E-state index contributed by atoms with van der Waals surface area (Å²) in [5.41, 5.74) is -1.79. The van der Waals surface area contributed by atoms with Gasteiger partial charge < -0.3 is 0 Å². The summed E-state index contributed by atoms with van der Waals surface area (Å²) in [6.45, 7) is 0. The summed E-state index contributed by atoms with van der Waals surface area (Å²) in [6, 6.07) is 0. The molecule has 1 rings (SSSR count). The summed E-state index contributed by atoms with van der Waals surface area (Å²) in [5, 5.41) is 0. The molecule has 0 saturated heterocycles. The van der Waals surface area contributed by atoms with Crippen LogP contribution in [0.4, 0.5) is 4.39 Å². The molecule has 0 bridgehead atoms. The van der Waals surface area contributed by atoms with Gasteiger partial charge in [-0.05, 0) is 12.2 Å². The van der Waals surface area contributed by atoms with Crippen LogP contribution in [0.15, 0.2) is 12.2 Å². The predicted molar refractivity (Wildman–Crippen MR) is 31.4 cm³/mol. The maximum absolute atomic E-state index is 12.7. The van der Waals surface area contributed by atoms with Crippen molar-refractivity contribution in [1.29, 1.82) is 0 Å². The van der Waals surface area contributed by atoms with Crippen molar-refractivity contribution < 1.29 is 9.18 Å². The van der Waals surface area contributed by atoms with Gasteiger partial charge in [0.25, 0.3) is 0 Å². The number of carbonyl (C=O) groups excluding carboxylic acids is 1. The average Bonchev–Trinajstić information content (AvgIpc) is 2.13. The largest absolute Gasteiger partial charge is 0.295 e. The molecule has 0 heterocycles. The molecule has 0 spiro atoms. The maximum Gasteiger partial charge on any atom is 0.196 e. The first-order valence-corrected chi connectivity index (χ1v) is 2.55. The first kappa shape index (κ1) is 6.03. The normalized spacial score (nSPS) is 32.7. The third-order valence-corrected chi connectivity index (χ3v) is 1.20.